The largest absolute Gasteiger partial charge is 1.00 e. The highest BCUT2D eigenvalue weighted by molar-refractivity contribution is 5.91. The molecule has 24 heavy (non-hydrogen) atoms. The van der Waals surface area contributed by atoms with Crippen LogP contribution in [0.5, 0.6) is 5.75 Å². The number of nitrogens with zero attached hydrogens (tertiary/aromatic N) is 1. The van der Waals surface area contributed by atoms with E-state index in [1.165, 1.54) is 11.1 Å². The van der Waals surface area contributed by atoms with Crippen LogP contribution in [0.15, 0.2) is 48.5 Å². The van der Waals surface area contributed by atoms with Crippen molar-refractivity contribution >= 4 is 5.97 Å². The Bertz CT molecular complexity index is 656. The van der Waals surface area contributed by atoms with Crippen molar-refractivity contribution < 1.29 is 21.9 Å². The topological polar surface area (TPSA) is 29.5 Å². The van der Waals surface area contributed by atoms with E-state index in [2.05, 4.69) is 25.7 Å². The molecule has 0 radical (unpaired) electrons. The first kappa shape index (κ1) is 20.2. The lowest BCUT2D eigenvalue weighted by atomic mass is 9.87. The molecule has 0 saturated heterocycles. The first-order valence-electron chi connectivity index (χ1n) is 7.82. The number of ether oxygens (including phenoxy) is 1. The SMILES string of the molecule is CN(C)Cc1ccc(C(=O)Oc2ccc(C(C)(C)C)cc2)cc1.[Cl-]. The molecule has 3 nitrogen and oxygen atoms in total. The van der Waals surface area contributed by atoms with Gasteiger partial charge in [-0.2, -0.15) is 0 Å². The van der Waals surface area contributed by atoms with Gasteiger partial charge in [0.2, 0.25) is 0 Å². The lowest BCUT2D eigenvalue weighted by Gasteiger charge is -2.19. The van der Waals surface area contributed by atoms with Crippen molar-refractivity contribution in [3.63, 3.8) is 0 Å². The summed E-state index contributed by atoms with van der Waals surface area (Å²) in [6.07, 6.45) is 0. The molecule has 0 heterocycles. The molecule has 0 saturated carbocycles. The minimum atomic E-state index is -0.329. The van der Waals surface area contributed by atoms with Gasteiger partial charge in [-0.05, 0) is 54.9 Å². The van der Waals surface area contributed by atoms with Crippen molar-refractivity contribution in [2.75, 3.05) is 14.1 Å². The summed E-state index contributed by atoms with van der Waals surface area (Å²) in [6, 6.07) is 15.2. The molecule has 0 aliphatic heterocycles. The van der Waals surface area contributed by atoms with Crippen LogP contribution in [0.1, 0.15) is 42.3 Å². The molecular weight excluding hydrogens is 322 g/mol. The average molecular weight is 347 g/mol. The molecule has 0 atom stereocenters. The third kappa shape index (κ3) is 5.66. The molecule has 2 rings (SSSR count). The number of carbonyl (C=O) groups excluding carboxylic acids is 1. The molecule has 0 fully saturated rings. The smallest absolute Gasteiger partial charge is 0.343 e. The van der Waals surface area contributed by atoms with Gasteiger partial charge < -0.3 is 22.0 Å². The highest BCUT2D eigenvalue weighted by Gasteiger charge is 2.14. The van der Waals surface area contributed by atoms with E-state index in [1.54, 1.807) is 0 Å². The van der Waals surface area contributed by atoms with Gasteiger partial charge in [0.1, 0.15) is 5.75 Å². The molecule has 0 aliphatic rings. The number of carbonyl (C=O) groups is 1. The third-order valence-corrected chi connectivity index (χ3v) is 3.62. The monoisotopic (exact) mass is 346 g/mol. The van der Waals surface area contributed by atoms with Gasteiger partial charge in [0.15, 0.2) is 0 Å². The summed E-state index contributed by atoms with van der Waals surface area (Å²) >= 11 is 0. The zero-order chi connectivity index (χ0) is 17.0. The van der Waals surface area contributed by atoms with Gasteiger partial charge in [-0.1, -0.05) is 45.0 Å². The highest BCUT2D eigenvalue weighted by Crippen LogP contribution is 2.24. The second-order valence-electron chi connectivity index (χ2n) is 7.10. The maximum absolute atomic E-state index is 12.2. The zero-order valence-electron chi connectivity index (χ0n) is 15.0. The molecule has 2 aromatic rings. The van der Waals surface area contributed by atoms with Gasteiger partial charge in [0.05, 0.1) is 5.56 Å². The molecule has 130 valence electrons. The molecule has 0 N–H and O–H groups in total. The van der Waals surface area contributed by atoms with Crippen LogP contribution in [0.4, 0.5) is 0 Å². The van der Waals surface area contributed by atoms with Gasteiger partial charge in [-0.15, -0.1) is 0 Å². The number of hydrogen-bond acceptors (Lipinski definition) is 3. The standard InChI is InChI=1S/C20H25NO2.ClH/c1-20(2,3)17-10-12-18(13-11-17)23-19(22)16-8-6-15(7-9-16)14-21(4)5;/h6-13H,14H2,1-5H3;1H/p-1. The van der Waals surface area contributed by atoms with E-state index < -0.39 is 0 Å². The van der Waals surface area contributed by atoms with E-state index in [0.29, 0.717) is 11.3 Å². The van der Waals surface area contributed by atoms with Crippen molar-refractivity contribution in [1.82, 2.24) is 4.90 Å². The number of esters is 1. The minimum Gasteiger partial charge on any atom is -1.00 e. The molecule has 0 unspecified atom stereocenters. The van der Waals surface area contributed by atoms with Crippen LogP contribution in [-0.2, 0) is 12.0 Å². The molecule has 0 aliphatic carbocycles. The first-order valence-corrected chi connectivity index (χ1v) is 7.82. The van der Waals surface area contributed by atoms with Gasteiger partial charge >= 0.3 is 5.97 Å². The fourth-order valence-electron chi connectivity index (χ4n) is 2.30. The normalized spacial score (nSPS) is 11.1. The highest BCUT2D eigenvalue weighted by atomic mass is 35.5. The van der Waals surface area contributed by atoms with Gasteiger partial charge in [-0.3, -0.25) is 0 Å². The zero-order valence-corrected chi connectivity index (χ0v) is 15.7. The first-order chi connectivity index (χ1) is 10.8. The quantitative estimate of drug-likeness (QED) is 0.617. The summed E-state index contributed by atoms with van der Waals surface area (Å²) < 4.78 is 5.44. The Morgan fingerprint density at radius 1 is 0.958 bits per heavy atom. The lowest BCUT2D eigenvalue weighted by Crippen LogP contribution is -3.00. The summed E-state index contributed by atoms with van der Waals surface area (Å²) in [5.74, 6) is 0.241. The van der Waals surface area contributed by atoms with Crippen LogP contribution >= 0.6 is 0 Å². The van der Waals surface area contributed by atoms with E-state index >= 15 is 0 Å². The van der Waals surface area contributed by atoms with E-state index in [0.717, 1.165) is 6.54 Å². The fourth-order valence-corrected chi connectivity index (χ4v) is 2.30. The van der Waals surface area contributed by atoms with Gasteiger partial charge in [0, 0.05) is 6.54 Å². The van der Waals surface area contributed by atoms with Crippen molar-refractivity contribution in [1.29, 1.82) is 0 Å². The minimum absolute atomic E-state index is 0. The number of rotatable bonds is 4. The Morgan fingerprint density at radius 2 is 1.50 bits per heavy atom. The van der Waals surface area contributed by atoms with E-state index in [4.69, 9.17) is 4.74 Å². The maximum atomic E-state index is 12.2. The average Bonchev–Trinajstić information content (AvgIpc) is 2.47. The van der Waals surface area contributed by atoms with Crippen LogP contribution < -0.4 is 17.1 Å². The molecular formula is C20H25ClNO2-. The Morgan fingerprint density at radius 3 is 1.96 bits per heavy atom. The van der Waals surface area contributed by atoms with Crippen molar-refractivity contribution in [2.24, 2.45) is 0 Å². The van der Waals surface area contributed by atoms with Crippen LogP contribution in [0, 0.1) is 0 Å². The summed E-state index contributed by atoms with van der Waals surface area (Å²) in [7, 11) is 4.03. The summed E-state index contributed by atoms with van der Waals surface area (Å²) in [5, 5.41) is 0. The van der Waals surface area contributed by atoms with E-state index in [9.17, 15) is 4.79 Å². The molecule has 0 amide bonds. The van der Waals surface area contributed by atoms with E-state index in [1.807, 2.05) is 62.6 Å². The Labute approximate surface area is 151 Å². The Hall–Kier alpha value is -1.84. The van der Waals surface area contributed by atoms with Gasteiger partial charge in [-0.25, -0.2) is 4.79 Å². The molecule has 0 bridgehead atoms. The van der Waals surface area contributed by atoms with Crippen LogP contribution in [0.25, 0.3) is 0 Å². The lowest BCUT2D eigenvalue weighted by molar-refractivity contribution is -0.0000183. The van der Waals surface area contributed by atoms with Crippen molar-refractivity contribution in [3.05, 3.63) is 65.2 Å². The molecule has 0 aromatic heterocycles. The number of hydrogen-bond donors (Lipinski definition) is 0. The predicted molar refractivity (Wildman–Crippen MR) is 93.9 cm³/mol. The maximum Gasteiger partial charge on any atom is 0.343 e. The molecule has 4 heteroatoms. The molecule has 0 spiro atoms. The third-order valence-electron chi connectivity index (χ3n) is 3.62. The summed E-state index contributed by atoms with van der Waals surface area (Å²) in [4.78, 5) is 14.3. The van der Waals surface area contributed by atoms with Crippen LogP contribution in [-0.4, -0.2) is 25.0 Å². The second-order valence-corrected chi connectivity index (χ2v) is 7.10. The van der Waals surface area contributed by atoms with E-state index in [-0.39, 0.29) is 23.8 Å². The Balaban J connectivity index is 0.00000288. The summed E-state index contributed by atoms with van der Waals surface area (Å²) in [6.45, 7) is 7.32. The second kappa shape index (κ2) is 8.32. The van der Waals surface area contributed by atoms with Crippen molar-refractivity contribution in [2.45, 2.75) is 32.7 Å². The molecule has 2 aromatic carbocycles. The fraction of sp³-hybridized carbons (Fsp3) is 0.350. The number of halogens is 1. The number of benzene rings is 2. The summed E-state index contributed by atoms with van der Waals surface area (Å²) in [5.41, 5.74) is 3.03. The predicted octanol–water partition coefficient (Wildman–Crippen LogP) is 1.27. The van der Waals surface area contributed by atoms with Gasteiger partial charge in [0.25, 0.3) is 0 Å². The van der Waals surface area contributed by atoms with Crippen molar-refractivity contribution in [3.8, 4) is 5.75 Å². The Kier molecular flexibility index (Phi) is 7.00. The van der Waals surface area contributed by atoms with Crippen LogP contribution in [0.3, 0.4) is 0 Å². The van der Waals surface area contributed by atoms with Crippen LogP contribution in [0.2, 0.25) is 0 Å².